The van der Waals surface area contributed by atoms with Crippen LogP contribution in [0.1, 0.15) is 22.8 Å². The lowest BCUT2D eigenvalue weighted by molar-refractivity contribution is -0.155. The Morgan fingerprint density at radius 2 is 2.17 bits per heavy atom. The molecule has 1 aromatic carbocycles. The Kier molecular flexibility index (Phi) is 3.09. The Labute approximate surface area is 105 Å². The Balaban J connectivity index is 2.38. The van der Waals surface area contributed by atoms with Crippen molar-refractivity contribution in [3.8, 4) is 0 Å². The topological polar surface area (TPSA) is 66.8 Å². The fourth-order valence-electron chi connectivity index (χ4n) is 2.13. The second-order valence-electron chi connectivity index (χ2n) is 4.47. The molecule has 5 heteroatoms. The summed E-state index contributed by atoms with van der Waals surface area (Å²) in [5, 5.41) is 9.45. The molecule has 0 bridgehead atoms. The Morgan fingerprint density at radius 1 is 1.50 bits per heavy atom. The highest BCUT2D eigenvalue weighted by atomic mass is 16.5. The molecule has 1 amide bonds. The molecule has 1 N–H and O–H groups in total. The molecule has 0 saturated heterocycles. The summed E-state index contributed by atoms with van der Waals surface area (Å²) in [7, 11) is 1.24. The third-order valence-electron chi connectivity index (χ3n) is 3.35. The lowest BCUT2D eigenvalue weighted by Crippen LogP contribution is -2.55. The molecule has 1 aliphatic heterocycles. The molecule has 1 aliphatic rings. The summed E-state index contributed by atoms with van der Waals surface area (Å²) in [5.41, 5.74) is 0.0809. The minimum Gasteiger partial charge on any atom is -0.467 e. The van der Waals surface area contributed by atoms with Gasteiger partial charge >= 0.3 is 5.97 Å². The number of carbonyl (C=O) groups excluding carboxylic acids is 2. The van der Waals surface area contributed by atoms with Crippen LogP contribution in [0.25, 0.3) is 0 Å². The van der Waals surface area contributed by atoms with Crippen molar-refractivity contribution < 1.29 is 19.4 Å². The highest BCUT2D eigenvalue weighted by Gasteiger charge is 2.46. The van der Waals surface area contributed by atoms with Gasteiger partial charge in [0.05, 0.1) is 13.7 Å². The first-order valence-corrected chi connectivity index (χ1v) is 5.63. The maximum absolute atomic E-state index is 12.2. The molecule has 1 heterocycles. The van der Waals surface area contributed by atoms with E-state index in [1.54, 1.807) is 12.1 Å². The second-order valence-corrected chi connectivity index (χ2v) is 4.47. The molecule has 0 aliphatic carbocycles. The van der Waals surface area contributed by atoms with Gasteiger partial charge in [0.25, 0.3) is 5.91 Å². The van der Waals surface area contributed by atoms with Gasteiger partial charge in [0.1, 0.15) is 0 Å². The number of benzene rings is 1. The molecule has 1 aromatic rings. The van der Waals surface area contributed by atoms with Crippen LogP contribution in [0.4, 0.5) is 0 Å². The van der Waals surface area contributed by atoms with Crippen molar-refractivity contribution in [1.82, 2.24) is 4.90 Å². The smallest absolute Gasteiger partial charge is 0.333 e. The first-order chi connectivity index (χ1) is 8.54. The Morgan fingerprint density at radius 3 is 2.72 bits per heavy atom. The number of nitrogens with zero attached hydrogens (tertiary/aromatic N) is 1. The molecule has 0 saturated carbocycles. The monoisotopic (exact) mass is 249 g/mol. The molecule has 0 aromatic heterocycles. The van der Waals surface area contributed by atoms with Crippen molar-refractivity contribution in [3.05, 3.63) is 35.4 Å². The fourth-order valence-corrected chi connectivity index (χ4v) is 2.13. The van der Waals surface area contributed by atoms with Crippen molar-refractivity contribution in [1.29, 1.82) is 0 Å². The zero-order chi connectivity index (χ0) is 13.3. The van der Waals surface area contributed by atoms with E-state index in [0.717, 1.165) is 5.56 Å². The number of rotatable bonds is 3. The molecule has 96 valence electrons. The number of hydrogen-bond acceptors (Lipinski definition) is 4. The molecule has 0 fully saturated rings. The van der Waals surface area contributed by atoms with Gasteiger partial charge in [0.15, 0.2) is 5.54 Å². The van der Waals surface area contributed by atoms with Gasteiger partial charge in [0.2, 0.25) is 0 Å². The first-order valence-electron chi connectivity index (χ1n) is 5.63. The van der Waals surface area contributed by atoms with Gasteiger partial charge in [-0.15, -0.1) is 0 Å². The van der Waals surface area contributed by atoms with E-state index in [1.165, 1.54) is 18.9 Å². The molecule has 0 radical (unpaired) electrons. The zero-order valence-corrected chi connectivity index (χ0v) is 10.3. The molecule has 0 spiro atoms. The molecule has 0 unspecified atom stereocenters. The van der Waals surface area contributed by atoms with E-state index in [0.29, 0.717) is 12.1 Å². The third kappa shape index (κ3) is 1.67. The van der Waals surface area contributed by atoms with Crippen molar-refractivity contribution >= 4 is 11.9 Å². The quantitative estimate of drug-likeness (QED) is 0.795. The number of methoxy groups -OCH3 is 1. The molecule has 1 atom stereocenters. The average Bonchev–Trinajstić information content (AvgIpc) is 2.75. The van der Waals surface area contributed by atoms with Crippen LogP contribution in [0.3, 0.4) is 0 Å². The van der Waals surface area contributed by atoms with E-state index in [1.807, 2.05) is 12.1 Å². The summed E-state index contributed by atoms with van der Waals surface area (Å²) in [6, 6.07) is 7.16. The minimum absolute atomic E-state index is 0.257. The summed E-state index contributed by atoms with van der Waals surface area (Å²) >= 11 is 0. The van der Waals surface area contributed by atoms with Crippen LogP contribution in [0.5, 0.6) is 0 Å². The van der Waals surface area contributed by atoms with Crippen LogP contribution in [0.2, 0.25) is 0 Å². The molecular formula is C13H15NO4. The van der Waals surface area contributed by atoms with E-state index in [2.05, 4.69) is 4.74 Å². The standard InChI is InChI=1S/C13H15NO4/c1-13(8-15,12(17)18-2)14-7-9-5-3-4-6-10(9)11(14)16/h3-6,15H,7-8H2,1-2H3/t13-/m1/s1. The Bertz CT molecular complexity index is 500. The SMILES string of the molecule is COC(=O)[C@@](C)(CO)N1Cc2ccccc2C1=O. The number of aliphatic hydroxyl groups excluding tert-OH is 1. The van der Waals surface area contributed by atoms with Gasteiger partial charge < -0.3 is 14.7 Å². The van der Waals surface area contributed by atoms with Gasteiger partial charge in [-0.1, -0.05) is 18.2 Å². The maximum atomic E-state index is 12.2. The molecule has 5 nitrogen and oxygen atoms in total. The van der Waals surface area contributed by atoms with Gasteiger partial charge in [-0.2, -0.15) is 0 Å². The number of hydrogen-bond donors (Lipinski definition) is 1. The third-order valence-corrected chi connectivity index (χ3v) is 3.35. The van der Waals surface area contributed by atoms with Crippen LogP contribution in [0.15, 0.2) is 24.3 Å². The normalized spacial score (nSPS) is 17.3. The van der Waals surface area contributed by atoms with Crippen LogP contribution in [-0.2, 0) is 16.1 Å². The molecule has 18 heavy (non-hydrogen) atoms. The summed E-state index contributed by atoms with van der Waals surface area (Å²) in [4.78, 5) is 25.4. The highest BCUT2D eigenvalue weighted by Crippen LogP contribution is 2.29. The number of aliphatic hydroxyl groups is 1. The van der Waals surface area contributed by atoms with E-state index in [4.69, 9.17) is 0 Å². The van der Waals surface area contributed by atoms with Crippen LogP contribution in [-0.4, -0.2) is 41.1 Å². The van der Waals surface area contributed by atoms with Gasteiger partial charge in [-0.05, 0) is 18.6 Å². The summed E-state index contributed by atoms with van der Waals surface area (Å²) in [6.07, 6.45) is 0. The Hall–Kier alpha value is -1.88. The molecular weight excluding hydrogens is 234 g/mol. The largest absolute Gasteiger partial charge is 0.467 e. The zero-order valence-electron chi connectivity index (χ0n) is 10.3. The van der Waals surface area contributed by atoms with E-state index >= 15 is 0 Å². The second kappa shape index (κ2) is 4.42. The number of esters is 1. The number of carbonyl (C=O) groups is 2. The predicted octanol–water partition coefficient (Wildman–Crippen LogP) is 0.566. The maximum Gasteiger partial charge on any atom is 0.333 e. The van der Waals surface area contributed by atoms with Crippen molar-refractivity contribution in [2.24, 2.45) is 0 Å². The number of fused-ring (bicyclic) bond motifs is 1. The number of ether oxygens (including phenoxy) is 1. The van der Waals surface area contributed by atoms with E-state index in [9.17, 15) is 14.7 Å². The van der Waals surface area contributed by atoms with Crippen molar-refractivity contribution in [3.63, 3.8) is 0 Å². The number of amides is 1. The lowest BCUT2D eigenvalue weighted by Gasteiger charge is -2.34. The van der Waals surface area contributed by atoms with E-state index < -0.39 is 18.1 Å². The fraction of sp³-hybridized carbons (Fsp3) is 0.385. The van der Waals surface area contributed by atoms with Crippen molar-refractivity contribution in [2.45, 2.75) is 19.0 Å². The van der Waals surface area contributed by atoms with Gasteiger partial charge in [-0.3, -0.25) is 4.79 Å². The molecule has 2 rings (SSSR count). The lowest BCUT2D eigenvalue weighted by atomic mass is 10.0. The predicted molar refractivity (Wildman–Crippen MR) is 63.8 cm³/mol. The average molecular weight is 249 g/mol. The summed E-state index contributed by atoms with van der Waals surface area (Å²) in [5.74, 6) is -0.876. The summed E-state index contributed by atoms with van der Waals surface area (Å²) in [6.45, 7) is 1.34. The van der Waals surface area contributed by atoms with Gasteiger partial charge in [0, 0.05) is 12.1 Å². The van der Waals surface area contributed by atoms with Crippen LogP contribution < -0.4 is 0 Å². The van der Waals surface area contributed by atoms with Crippen LogP contribution >= 0.6 is 0 Å². The van der Waals surface area contributed by atoms with Crippen LogP contribution in [0, 0.1) is 0 Å². The first kappa shape index (κ1) is 12.6. The van der Waals surface area contributed by atoms with E-state index in [-0.39, 0.29) is 5.91 Å². The van der Waals surface area contributed by atoms with Crippen molar-refractivity contribution in [2.75, 3.05) is 13.7 Å². The highest BCUT2D eigenvalue weighted by molar-refractivity contribution is 6.01. The minimum atomic E-state index is -1.34. The summed E-state index contributed by atoms with van der Waals surface area (Å²) < 4.78 is 4.67. The van der Waals surface area contributed by atoms with Gasteiger partial charge in [-0.25, -0.2) is 4.79 Å².